The van der Waals surface area contributed by atoms with Gasteiger partial charge in [0.1, 0.15) is 53.7 Å². The highest BCUT2D eigenvalue weighted by Gasteiger charge is 2.54. The average Bonchev–Trinajstić information content (AvgIpc) is 2.34. The van der Waals surface area contributed by atoms with Crippen molar-refractivity contribution < 1.29 is 69.6 Å². The van der Waals surface area contributed by atoms with E-state index in [0.29, 0.717) is 39.3 Å². The third kappa shape index (κ3) is 13.1. The van der Waals surface area contributed by atoms with Gasteiger partial charge in [-0.05, 0) is 90.0 Å². The summed E-state index contributed by atoms with van der Waals surface area (Å²) in [5.41, 5.74) is 1.71. The van der Waals surface area contributed by atoms with Crippen molar-refractivity contribution in [3.63, 3.8) is 0 Å². The van der Waals surface area contributed by atoms with Crippen LogP contribution in [-0.2, 0) is 54.3 Å². The van der Waals surface area contributed by atoms with Crippen LogP contribution in [0.4, 0.5) is 14.6 Å². The second-order valence-electron chi connectivity index (χ2n) is 19.5. The summed E-state index contributed by atoms with van der Waals surface area (Å²) in [5.74, 6) is -0.101. The molecular weight excluding hydrogens is 1170 g/mol. The molecule has 0 spiro atoms. The van der Waals surface area contributed by atoms with Crippen LogP contribution in [0.3, 0.4) is 0 Å². The summed E-state index contributed by atoms with van der Waals surface area (Å²) < 4.78 is 104. The highest BCUT2D eigenvalue weighted by molar-refractivity contribution is 8.07. The number of carbonyl (C=O) groups excluding carboxylic acids is 2. The number of amidine groups is 1. The number of rotatable bonds is 24. The standard InChI is InChI=1S/C59H57F2N9O13P2S/c1-36(67-55(71)37-14-7-4-8-15-37)44-28-30-69(52(44)63)57-47(60)50(82-84(73)74)46(81-57)33-79-85(86,78-31-13-29-62)83-51-45(80-58(48(51)61)70-35-66-49-53(64-34-65-54(49)70)68-56(72)38-16-9-5-10-17-38)32-77-59(39-18-11-6-12-19-39,40-20-24-42(75-2)25-21-40)41-22-26-43(76-3)27-23-41/h4-12,14-28,30,34-35,45-48,50-51,57-58,63,84H,13,31-33H2,1-3H3,(H,67,71)(H,73,74)(H,64,65,68,72)/b44-36+,63-52?/t45-,46-,47-,48-,50-,51-,57-,58-,85?/m1/s1. The summed E-state index contributed by atoms with van der Waals surface area (Å²) in [5, 5.41) is 24.2. The van der Waals surface area contributed by atoms with Gasteiger partial charge in [-0.15, -0.1) is 0 Å². The van der Waals surface area contributed by atoms with E-state index in [1.54, 1.807) is 106 Å². The van der Waals surface area contributed by atoms with E-state index in [1.807, 2.05) is 60.7 Å². The highest BCUT2D eigenvalue weighted by Crippen LogP contribution is 2.55. The molecule has 5 aromatic carbocycles. The summed E-state index contributed by atoms with van der Waals surface area (Å²) in [7, 11) is -0.795. The molecule has 3 aliphatic heterocycles. The Morgan fingerprint density at radius 2 is 1.36 bits per heavy atom. The van der Waals surface area contributed by atoms with E-state index in [1.165, 1.54) is 29.5 Å². The summed E-state index contributed by atoms with van der Waals surface area (Å²) >= 11 is 6.04. The lowest BCUT2D eigenvalue weighted by Crippen LogP contribution is -2.41. The van der Waals surface area contributed by atoms with Gasteiger partial charge in [-0.2, -0.15) is 5.26 Å². The van der Waals surface area contributed by atoms with Gasteiger partial charge in [0.2, 0.25) is 0 Å². The summed E-state index contributed by atoms with van der Waals surface area (Å²) in [4.78, 5) is 50.7. The molecule has 0 radical (unpaired) electrons. The van der Waals surface area contributed by atoms with Gasteiger partial charge in [0.05, 0.1) is 52.9 Å². The van der Waals surface area contributed by atoms with Crippen molar-refractivity contribution in [2.24, 2.45) is 0 Å². The minimum absolute atomic E-state index is 0.0164. The Morgan fingerprint density at radius 3 is 1.97 bits per heavy atom. The number of aromatic nitrogens is 4. The zero-order chi connectivity index (χ0) is 60.5. The molecule has 4 N–H and O–H groups in total. The smallest absolute Gasteiger partial charge is 0.327 e. The van der Waals surface area contributed by atoms with E-state index < -0.39 is 101 Å². The highest BCUT2D eigenvalue weighted by atomic mass is 32.5. The number of nitriles is 1. The first-order chi connectivity index (χ1) is 41.6. The van der Waals surface area contributed by atoms with Gasteiger partial charge in [-0.3, -0.25) is 28.7 Å². The fraction of sp³-hybridized carbons (Fsp3) is 0.271. The summed E-state index contributed by atoms with van der Waals surface area (Å²) in [6, 6.07) is 42.4. The average molecular weight is 1230 g/mol. The molecule has 2 amide bonds. The fourth-order valence-electron chi connectivity index (χ4n) is 10.1. The number of nitrogens with zero attached hydrogens (tertiary/aromatic N) is 6. The van der Waals surface area contributed by atoms with Crippen LogP contribution in [0.15, 0.2) is 176 Å². The zero-order valence-electron chi connectivity index (χ0n) is 46.2. The van der Waals surface area contributed by atoms with Crippen LogP contribution in [0.5, 0.6) is 11.5 Å². The molecule has 3 aliphatic rings. The van der Waals surface area contributed by atoms with Crippen molar-refractivity contribution in [1.29, 1.82) is 10.7 Å². The largest absolute Gasteiger partial charge is 0.497 e. The van der Waals surface area contributed by atoms with Gasteiger partial charge >= 0.3 is 15.0 Å². The molecule has 22 nitrogen and oxygen atoms in total. The Bertz CT molecular complexity index is 3690. The lowest BCUT2D eigenvalue weighted by atomic mass is 9.80. The number of benzene rings is 5. The minimum Gasteiger partial charge on any atom is -0.497 e. The second kappa shape index (κ2) is 27.2. The number of alkyl halides is 2. The first-order valence-corrected chi connectivity index (χ1v) is 30.6. The van der Waals surface area contributed by atoms with Crippen LogP contribution in [-0.4, -0.2) is 124 Å². The van der Waals surface area contributed by atoms with E-state index >= 15 is 8.78 Å². The van der Waals surface area contributed by atoms with Crippen molar-refractivity contribution in [2.75, 3.05) is 39.4 Å². The number of amides is 2. The number of imidazole rings is 1. The summed E-state index contributed by atoms with van der Waals surface area (Å²) in [6.07, 6.45) is -9.25. The van der Waals surface area contributed by atoms with Crippen molar-refractivity contribution in [3.05, 3.63) is 204 Å². The number of carbonyl (C=O) groups is 2. The van der Waals surface area contributed by atoms with Crippen LogP contribution >= 0.6 is 15.0 Å². The first-order valence-electron chi connectivity index (χ1n) is 26.7. The number of methoxy groups -OCH3 is 2. The molecule has 0 saturated carbocycles. The first kappa shape index (κ1) is 61.1. The lowest BCUT2D eigenvalue weighted by molar-refractivity contribution is -0.0933. The fourth-order valence-corrected chi connectivity index (χ4v) is 12.8. The van der Waals surface area contributed by atoms with E-state index in [-0.39, 0.29) is 40.5 Å². The lowest BCUT2D eigenvalue weighted by Gasteiger charge is -2.37. The van der Waals surface area contributed by atoms with Crippen LogP contribution in [0.25, 0.3) is 11.2 Å². The topological polar surface area (TPSA) is 273 Å². The van der Waals surface area contributed by atoms with Gasteiger partial charge in [0.15, 0.2) is 41.8 Å². The molecule has 2 unspecified atom stereocenters. The molecule has 5 heterocycles. The Labute approximate surface area is 498 Å². The van der Waals surface area contributed by atoms with E-state index in [2.05, 4.69) is 25.6 Å². The van der Waals surface area contributed by atoms with Crippen molar-refractivity contribution >= 4 is 61.4 Å². The molecule has 2 aromatic heterocycles. The van der Waals surface area contributed by atoms with Crippen molar-refractivity contribution in [2.45, 2.75) is 68.2 Å². The van der Waals surface area contributed by atoms with E-state index in [4.69, 9.17) is 59.0 Å². The Kier molecular flexibility index (Phi) is 19.3. The van der Waals surface area contributed by atoms with E-state index in [9.17, 15) is 24.3 Å². The van der Waals surface area contributed by atoms with E-state index in [0.717, 1.165) is 4.90 Å². The molecule has 446 valence electrons. The van der Waals surface area contributed by atoms with Crippen LogP contribution in [0.2, 0.25) is 0 Å². The predicted octanol–water partition coefficient (Wildman–Crippen LogP) is 9.24. The van der Waals surface area contributed by atoms with Gasteiger partial charge < -0.3 is 57.7 Å². The second-order valence-corrected chi connectivity index (χ2v) is 23.3. The molecular formula is C59H57F2N9O13P2S. The molecule has 86 heavy (non-hydrogen) atoms. The molecule has 0 bridgehead atoms. The molecule has 0 aliphatic carbocycles. The maximum atomic E-state index is 18.2. The maximum Gasteiger partial charge on any atom is 0.327 e. The number of anilines is 1. The number of fused-ring (bicyclic) bond motifs is 1. The normalized spacial score (nSPS) is 22.7. The van der Waals surface area contributed by atoms with Gasteiger partial charge in [0, 0.05) is 28.6 Å². The number of hydrogen-bond donors (Lipinski definition) is 4. The third-order valence-corrected chi connectivity index (χ3v) is 17.2. The third-order valence-electron chi connectivity index (χ3n) is 14.4. The zero-order valence-corrected chi connectivity index (χ0v) is 48.9. The van der Waals surface area contributed by atoms with Crippen molar-refractivity contribution in [3.8, 4) is 17.6 Å². The van der Waals surface area contributed by atoms with Crippen molar-refractivity contribution in [1.82, 2.24) is 29.7 Å². The van der Waals surface area contributed by atoms with Crippen LogP contribution < -0.4 is 20.1 Å². The number of allylic oxidation sites excluding steroid dienone is 1. The number of ether oxygens (including phenoxy) is 5. The molecule has 7 aromatic rings. The van der Waals surface area contributed by atoms with Gasteiger partial charge in [-0.25, -0.2) is 23.7 Å². The molecule has 10 atom stereocenters. The van der Waals surface area contributed by atoms with Gasteiger partial charge in [0.25, 0.3) is 11.8 Å². The predicted molar refractivity (Wildman–Crippen MR) is 313 cm³/mol. The minimum atomic E-state index is -4.41. The molecule has 10 rings (SSSR count). The molecule has 2 fully saturated rings. The van der Waals surface area contributed by atoms with Crippen LogP contribution in [0.1, 0.15) is 57.0 Å². The molecule has 27 heteroatoms. The maximum absolute atomic E-state index is 18.2. The number of halogens is 2. The van der Waals surface area contributed by atoms with Gasteiger partial charge in [-0.1, -0.05) is 91.0 Å². The monoisotopic (exact) mass is 1230 g/mol. The SMILES string of the molecule is COc1ccc(C(OC[C@H]2O[C@@H](n3cnc4c(NC(=O)c5ccccc5)ncnc43)[C@H](F)[C@@H]2OP(=S)(OCCC#N)OC[C@H]2O[C@@H](N3C=C/C(=C(/C)NC(=O)c4ccccc4)C3=N)[C@H](F)[C@@H]2O[PH](=O)O)(c2ccccc2)c2ccc(OC)cc2)cc1. The van der Waals surface area contributed by atoms with Crippen LogP contribution in [0, 0.1) is 16.7 Å². The Balaban J connectivity index is 0.985. The molecule has 2 saturated heterocycles. The quantitative estimate of drug-likeness (QED) is 0.0249. The summed E-state index contributed by atoms with van der Waals surface area (Å²) in [6.45, 7) is -4.47. The number of hydrogen-bond acceptors (Lipinski definition) is 18. The Hall–Kier alpha value is -7.95. The Morgan fingerprint density at radius 1 is 0.791 bits per heavy atom. The number of nitrogens with one attached hydrogen (secondary N) is 3.